The van der Waals surface area contributed by atoms with Gasteiger partial charge in [-0.1, -0.05) is 12.1 Å². The van der Waals surface area contributed by atoms with Crippen LogP contribution in [0.5, 0.6) is 0 Å². The maximum atomic E-state index is 13.3. The van der Waals surface area contributed by atoms with Gasteiger partial charge < -0.3 is 19.3 Å². The molecule has 1 N–H and O–H groups in total. The van der Waals surface area contributed by atoms with E-state index in [0.29, 0.717) is 0 Å². The Morgan fingerprint density at radius 2 is 2.04 bits per heavy atom. The number of amides is 1. The number of nitrogens with zero attached hydrogens (tertiary/aromatic N) is 3. The summed E-state index contributed by atoms with van der Waals surface area (Å²) in [5, 5.41) is 9.46. The monoisotopic (exact) mass is 385 g/mol. The summed E-state index contributed by atoms with van der Waals surface area (Å²) in [6.07, 6.45) is -4.54. The van der Waals surface area contributed by atoms with Crippen LogP contribution in [0.3, 0.4) is 0 Å². The summed E-state index contributed by atoms with van der Waals surface area (Å²) in [5.41, 5.74) is -0.911. The molecule has 0 bridgehead atoms. The molecule has 2 heterocycles. The number of ether oxygens (including phenoxy) is 1. The van der Waals surface area contributed by atoms with Crippen LogP contribution in [0.2, 0.25) is 0 Å². The molecule has 27 heavy (non-hydrogen) atoms. The van der Waals surface area contributed by atoms with E-state index in [9.17, 15) is 27.9 Å². The fourth-order valence-electron chi connectivity index (χ4n) is 3.40. The third-order valence-corrected chi connectivity index (χ3v) is 4.78. The zero-order valence-corrected chi connectivity index (χ0v) is 14.5. The van der Waals surface area contributed by atoms with Crippen molar-refractivity contribution >= 4 is 22.9 Å². The number of hydrogen-bond donors (Lipinski definition) is 1. The number of aromatic nitrogens is 2. The smallest absolute Gasteiger partial charge is 0.449 e. The second-order valence-corrected chi connectivity index (χ2v) is 6.59. The fraction of sp³-hybridized carbons (Fsp3) is 0.471. The molecule has 0 spiro atoms. The molecule has 1 aromatic heterocycles. The summed E-state index contributed by atoms with van der Waals surface area (Å²) in [6, 6.07) is 6.03. The predicted molar refractivity (Wildman–Crippen MR) is 87.9 cm³/mol. The number of carboxylic acids is 1. The Kier molecular flexibility index (Phi) is 4.85. The lowest BCUT2D eigenvalue weighted by molar-refractivity contribution is -0.151. The molecule has 7 nitrogen and oxygen atoms in total. The van der Waals surface area contributed by atoms with Gasteiger partial charge in [0.25, 0.3) is 0 Å². The van der Waals surface area contributed by atoms with Gasteiger partial charge in [0.2, 0.25) is 11.7 Å². The molecule has 10 heteroatoms. The number of hydrogen-bond acceptors (Lipinski definition) is 4. The van der Waals surface area contributed by atoms with Crippen molar-refractivity contribution in [3.63, 3.8) is 0 Å². The number of imidazole rings is 1. The molecule has 0 saturated carbocycles. The molecule has 3 rings (SSSR count). The highest BCUT2D eigenvalue weighted by molar-refractivity contribution is 5.83. The first-order chi connectivity index (χ1) is 12.7. The van der Waals surface area contributed by atoms with Crippen LogP contribution >= 0.6 is 0 Å². The van der Waals surface area contributed by atoms with Crippen LogP contribution in [-0.2, 0) is 27.0 Å². The molecule has 0 radical (unpaired) electrons. The van der Waals surface area contributed by atoms with E-state index in [-0.39, 0.29) is 37.2 Å². The minimum absolute atomic E-state index is 0.0755. The third kappa shape index (κ3) is 3.48. The first-order valence-electron chi connectivity index (χ1n) is 8.20. The summed E-state index contributed by atoms with van der Waals surface area (Å²) in [6.45, 7) is -0.614. The van der Waals surface area contributed by atoms with Gasteiger partial charge in [-0.3, -0.25) is 9.59 Å². The molecule has 1 aliphatic rings. The summed E-state index contributed by atoms with van der Waals surface area (Å²) in [5.74, 6) is -2.84. The lowest BCUT2D eigenvalue weighted by Gasteiger charge is -2.24. The second kappa shape index (κ2) is 6.84. The molecular formula is C17H18F3N3O4. The molecule has 1 aliphatic heterocycles. The zero-order valence-electron chi connectivity index (χ0n) is 14.5. The summed E-state index contributed by atoms with van der Waals surface area (Å²) in [4.78, 5) is 29.1. The molecule has 1 atom stereocenters. The molecule has 1 unspecified atom stereocenters. The van der Waals surface area contributed by atoms with E-state index in [1.807, 2.05) is 0 Å². The molecule has 2 aromatic rings. The van der Waals surface area contributed by atoms with Crippen molar-refractivity contribution in [2.24, 2.45) is 5.41 Å². The predicted octanol–water partition coefficient (Wildman–Crippen LogP) is 2.00. The summed E-state index contributed by atoms with van der Waals surface area (Å²) in [7, 11) is 1.36. The minimum Gasteiger partial charge on any atom is -0.481 e. The molecule has 1 saturated heterocycles. The first-order valence-corrected chi connectivity index (χ1v) is 8.20. The van der Waals surface area contributed by atoms with Crippen LogP contribution in [0, 0.1) is 5.41 Å². The Morgan fingerprint density at radius 3 is 2.67 bits per heavy atom. The van der Waals surface area contributed by atoms with E-state index >= 15 is 0 Å². The SMILES string of the molecule is COCC1(C(=O)O)CCN(C(=O)Cn2c(C(F)(F)F)nc3ccccc32)C1. The van der Waals surface area contributed by atoms with Crippen molar-refractivity contribution in [3.8, 4) is 0 Å². The van der Waals surface area contributed by atoms with Gasteiger partial charge in [0.05, 0.1) is 17.6 Å². The maximum Gasteiger partial charge on any atom is 0.449 e. The van der Waals surface area contributed by atoms with Crippen LogP contribution in [0.15, 0.2) is 24.3 Å². The Balaban J connectivity index is 1.88. The van der Waals surface area contributed by atoms with Crippen molar-refractivity contribution in [1.82, 2.24) is 14.5 Å². The van der Waals surface area contributed by atoms with Crippen molar-refractivity contribution in [3.05, 3.63) is 30.1 Å². The van der Waals surface area contributed by atoms with Crippen LogP contribution < -0.4 is 0 Å². The third-order valence-electron chi connectivity index (χ3n) is 4.78. The lowest BCUT2D eigenvalue weighted by Crippen LogP contribution is -2.41. The highest BCUT2D eigenvalue weighted by Gasteiger charge is 2.47. The van der Waals surface area contributed by atoms with E-state index in [0.717, 1.165) is 4.57 Å². The lowest BCUT2D eigenvalue weighted by atomic mass is 9.88. The van der Waals surface area contributed by atoms with E-state index in [1.54, 1.807) is 12.1 Å². The van der Waals surface area contributed by atoms with Gasteiger partial charge in [0, 0.05) is 20.2 Å². The summed E-state index contributed by atoms with van der Waals surface area (Å²) < 4.78 is 45.8. The van der Waals surface area contributed by atoms with E-state index in [1.165, 1.54) is 24.1 Å². The maximum absolute atomic E-state index is 13.3. The first kappa shape index (κ1) is 19.2. The van der Waals surface area contributed by atoms with E-state index in [2.05, 4.69) is 4.98 Å². The van der Waals surface area contributed by atoms with Gasteiger partial charge in [-0.15, -0.1) is 0 Å². The van der Waals surface area contributed by atoms with Gasteiger partial charge in [0.15, 0.2) is 0 Å². The molecule has 1 aromatic carbocycles. The van der Waals surface area contributed by atoms with Crippen LogP contribution in [-0.4, -0.2) is 58.2 Å². The van der Waals surface area contributed by atoms with Gasteiger partial charge in [-0.25, -0.2) is 4.98 Å². The number of benzene rings is 1. The zero-order chi connectivity index (χ0) is 19.8. The highest BCUT2D eigenvalue weighted by atomic mass is 19.4. The molecule has 1 amide bonds. The number of fused-ring (bicyclic) bond motifs is 1. The number of carbonyl (C=O) groups is 2. The Labute approximate surface area is 152 Å². The van der Waals surface area contributed by atoms with Gasteiger partial charge in [-0.05, 0) is 18.6 Å². The van der Waals surface area contributed by atoms with Crippen LogP contribution in [0.25, 0.3) is 11.0 Å². The number of rotatable bonds is 5. The normalized spacial score (nSPS) is 20.4. The van der Waals surface area contributed by atoms with Gasteiger partial charge >= 0.3 is 12.1 Å². The average molecular weight is 385 g/mol. The van der Waals surface area contributed by atoms with Crippen molar-refractivity contribution in [2.45, 2.75) is 19.1 Å². The minimum atomic E-state index is -4.72. The average Bonchev–Trinajstić information content (AvgIpc) is 3.18. The molecule has 0 aliphatic carbocycles. The van der Waals surface area contributed by atoms with E-state index < -0.39 is 35.8 Å². The summed E-state index contributed by atoms with van der Waals surface area (Å²) >= 11 is 0. The Morgan fingerprint density at radius 1 is 1.33 bits per heavy atom. The number of methoxy groups -OCH3 is 1. The number of likely N-dealkylation sites (tertiary alicyclic amines) is 1. The molecule has 146 valence electrons. The number of para-hydroxylation sites is 2. The fourth-order valence-corrected chi connectivity index (χ4v) is 3.40. The number of aliphatic carboxylic acids is 1. The largest absolute Gasteiger partial charge is 0.481 e. The Hall–Kier alpha value is -2.62. The van der Waals surface area contributed by atoms with Crippen LogP contribution in [0.1, 0.15) is 12.2 Å². The van der Waals surface area contributed by atoms with Crippen LogP contribution in [0.4, 0.5) is 13.2 Å². The molecule has 1 fully saturated rings. The molecular weight excluding hydrogens is 367 g/mol. The van der Waals surface area contributed by atoms with Crippen molar-refractivity contribution in [1.29, 1.82) is 0 Å². The van der Waals surface area contributed by atoms with Gasteiger partial charge in [-0.2, -0.15) is 13.2 Å². The number of carbonyl (C=O) groups excluding carboxylic acids is 1. The van der Waals surface area contributed by atoms with E-state index in [4.69, 9.17) is 4.74 Å². The highest BCUT2D eigenvalue weighted by Crippen LogP contribution is 2.33. The number of alkyl halides is 3. The number of halogens is 3. The topological polar surface area (TPSA) is 84.7 Å². The second-order valence-electron chi connectivity index (χ2n) is 6.59. The van der Waals surface area contributed by atoms with Gasteiger partial charge in [0.1, 0.15) is 12.0 Å². The van der Waals surface area contributed by atoms with Crippen molar-refractivity contribution < 1.29 is 32.6 Å². The van der Waals surface area contributed by atoms with Crippen molar-refractivity contribution in [2.75, 3.05) is 26.8 Å². The standard InChI is InChI=1S/C17H18F3N3O4/c1-27-10-16(15(25)26)6-7-22(9-16)13(24)8-23-12-5-3-2-4-11(12)21-14(23)17(18,19)20/h2-5H,6-10H2,1H3,(H,25,26). The Bertz CT molecular complexity index is 880. The quantitative estimate of drug-likeness (QED) is 0.851. The number of carboxylic acid groups (broad SMARTS) is 1.